The number of carbonyl (C=O) groups excluding carboxylic acids is 1. The summed E-state index contributed by atoms with van der Waals surface area (Å²) < 4.78 is 70.0. The molecular formula is C18H18F3NO4S2. The van der Waals surface area contributed by atoms with Crippen molar-refractivity contribution in [1.29, 1.82) is 0 Å². The number of sulfonamides is 1. The van der Waals surface area contributed by atoms with Gasteiger partial charge < -0.3 is 4.74 Å². The van der Waals surface area contributed by atoms with Gasteiger partial charge in [0.15, 0.2) is 0 Å². The number of carbonyl (C=O) groups is 1. The second kappa shape index (κ2) is 8.87. The van der Waals surface area contributed by atoms with Gasteiger partial charge in [0.25, 0.3) is 10.0 Å². The lowest BCUT2D eigenvalue weighted by molar-refractivity contribution is -0.141. The molecule has 0 heterocycles. The van der Waals surface area contributed by atoms with Crippen LogP contribution in [0.5, 0.6) is 0 Å². The molecule has 0 saturated carbocycles. The summed E-state index contributed by atoms with van der Waals surface area (Å²) in [5.41, 5.74) is -0.996. The number of halogens is 3. The van der Waals surface area contributed by atoms with Gasteiger partial charge in [-0.15, -0.1) is 11.8 Å². The van der Waals surface area contributed by atoms with E-state index in [1.807, 2.05) is 6.26 Å². The number of anilines is 1. The Labute approximate surface area is 165 Å². The molecule has 0 atom stereocenters. The predicted molar refractivity (Wildman–Crippen MR) is 101 cm³/mol. The van der Waals surface area contributed by atoms with Crippen LogP contribution in [0, 0.1) is 0 Å². The summed E-state index contributed by atoms with van der Waals surface area (Å²) in [4.78, 5) is 12.7. The summed E-state index contributed by atoms with van der Waals surface area (Å²) in [5.74, 6) is -0.813. The molecule has 0 unspecified atom stereocenters. The van der Waals surface area contributed by atoms with Crippen LogP contribution in [0.2, 0.25) is 0 Å². The fraction of sp³-hybridized carbons (Fsp3) is 0.278. The van der Waals surface area contributed by atoms with Crippen molar-refractivity contribution in [3.63, 3.8) is 0 Å². The van der Waals surface area contributed by atoms with Crippen molar-refractivity contribution >= 4 is 33.4 Å². The van der Waals surface area contributed by atoms with E-state index >= 15 is 0 Å². The summed E-state index contributed by atoms with van der Waals surface area (Å²) in [6.45, 7) is 0.948. The minimum atomic E-state index is -4.56. The molecule has 0 amide bonds. The SMILES string of the molecule is CCOC(=O)CN(c1ccc(C(F)(F)F)cc1)S(=O)(=O)c1ccc(SC)cc1. The topological polar surface area (TPSA) is 63.7 Å². The molecule has 0 bridgehead atoms. The van der Waals surface area contributed by atoms with Crippen LogP contribution in [-0.4, -0.2) is 33.8 Å². The molecule has 0 aromatic heterocycles. The van der Waals surface area contributed by atoms with Gasteiger partial charge in [-0.2, -0.15) is 13.2 Å². The molecule has 0 fully saturated rings. The molecule has 0 spiro atoms. The molecule has 0 aliphatic carbocycles. The van der Waals surface area contributed by atoms with E-state index in [1.165, 1.54) is 23.9 Å². The van der Waals surface area contributed by atoms with Crippen molar-refractivity contribution in [2.45, 2.75) is 22.9 Å². The smallest absolute Gasteiger partial charge is 0.416 e. The van der Waals surface area contributed by atoms with Gasteiger partial charge >= 0.3 is 12.1 Å². The zero-order valence-corrected chi connectivity index (χ0v) is 16.7. The average molecular weight is 433 g/mol. The third-order valence-electron chi connectivity index (χ3n) is 3.71. The van der Waals surface area contributed by atoms with Gasteiger partial charge in [-0.1, -0.05) is 0 Å². The lowest BCUT2D eigenvalue weighted by Crippen LogP contribution is -2.36. The van der Waals surface area contributed by atoms with Crippen LogP contribution in [0.25, 0.3) is 0 Å². The zero-order chi connectivity index (χ0) is 20.9. The van der Waals surface area contributed by atoms with Crippen LogP contribution >= 0.6 is 11.8 Å². The second-order valence-corrected chi connectivity index (χ2v) is 8.28. The van der Waals surface area contributed by atoms with Gasteiger partial charge in [0, 0.05) is 4.90 Å². The number of rotatable bonds is 7. The van der Waals surface area contributed by atoms with Gasteiger partial charge in [-0.05, 0) is 61.7 Å². The maximum absolute atomic E-state index is 13.0. The maximum atomic E-state index is 13.0. The molecule has 0 N–H and O–H groups in total. The van der Waals surface area contributed by atoms with Crippen molar-refractivity contribution in [1.82, 2.24) is 0 Å². The number of nitrogens with zero attached hydrogens (tertiary/aromatic N) is 1. The van der Waals surface area contributed by atoms with E-state index in [1.54, 1.807) is 19.1 Å². The van der Waals surface area contributed by atoms with E-state index in [-0.39, 0.29) is 17.2 Å². The molecule has 152 valence electrons. The van der Waals surface area contributed by atoms with Crippen molar-refractivity contribution in [2.75, 3.05) is 23.7 Å². The average Bonchev–Trinajstić information content (AvgIpc) is 2.65. The lowest BCUT2D eigenvalue weighted by atomic mass is 10.2. The standard InChI is InChI=1S/C18H18F3NO4S2/c1-3-26-17(23)12-22(14-6-4-13(5-7-14)18(19,20)21)28(24,25)16-10-8-15(27-2)9-11-16/h4-11H,3,12H2,1-2H3. The number of alkyl halides is 3. The maximum Gasteiger partial charge on any atom is 0.416 e. The molecule has 5 nitrogen and oxygen atoms in total. The van der Waals surface area contributed by atoms with Gasteiger partial charge in [0.1, 0.15) is 6.54 Å². The molecule has 10 heteroatoms. The normalized spacial score (nSPS) is 11.9. The quantitative estimate of drug-likeness (QED) is 0.484. The lowest BCUT2D eigenvalue weighted by Gasteiger charge is -2.24. The van der Waals surface area contributed by atoms with Crippen LogP contribution in [0.15, 0.2) is 58.3 Å². The molecule has 0 saturated heterocycles. The summed E-state index contributed by atoms with van der Waals surface area (Å²) in [7, 11) is -4.20. The molecule has 0 radical (unpaired) electrons. The van der Waals surface area contributed by atoms with Crippen LogP contribution in [0.3, 0.4) is 0 Å². The van der Waals surface area contributed by atoms with Crippen LogP contribution < -0.4 is 4.31 Å². The Kier molecular flexibility index (Phi) is 7.00. The highest BCUT2D eigenvalue weighted by molar-refractivity contribution is 7.98. The minimum Gasteiger partial charge on any atom is -0.465 e. The van der Waals surface area contributed by atoms with Gasteiger partial charge in [-0.25, -0.2) is 8.42 Å². The van der Waals surface area contributed by atoms with Gasteiger partial charge in [-0.3, -0.25) is 9.10 Å². The summed E-state index contributed by atoms with van der Waals surface area (Å²) in [5, 5.41) is 0. The number of hydrogen-bond donors (Lipinski definition) is 0. The monoisotopic (exact) mass is 433 g/mol. The summed E-state index contributed by atoms with van der Waals surface area (Å²) >= 11 is 1.42. The third kappa shape index (κ3) is 5.20. The van der Waals surface area contributed by atoms with Crippen molar-refractivity contribution in [3.8, 4) is 0 Å². The Morgan fingerprint density at radius 1 is 1.07 bits per heavy atom. The van der Waals surface area contributed by atoms with E-state index in [0.29, 0.717) is 0 Å². The highest BCUT2D eigenvalue weighted by atomic mass is 32.2. The first-order valence-electron chi connectivity index (χ1n) is 8.09. The first kappa shape index (κ1) is 22.1. The Hall–Kier alpha value is -2.20. The molecular weight excluding hydrogens is 415 g/mol. The third-order valence-corrected chi connectivity index (χ3v) is 6.24. The number of esters is 1. The Bertz CT molecular complexity index is 911. The van der Waals surface area contributed by atoms with Crippen LogP contribution in [-0.2, 0) is 25.7 Å². The Morgan fingerprint density at radius 3 is 2.11 bits per heavy atom. The number of thioether (sulfide) groups is 1. The van der Waals surface area contributed by atoms with E-state index in [4.69, 9.17) is 4.74 Å². The number of ether oxygens (including phenoxy) is 1. The minimum absolute atomic E-state index is 0.0438. The molecule has 28 heavy (non-hydrogen) atoms. The summed E-state index contributed by atoms with van der Waals surface area (Å²) in [6.07, 6.45) is -2.73. The predicted octanol–water partition coefficient (Wildman–Crippen LogP) is 4.19. The molecule has 2 aromatic rings. The van der Waals surface area contributed by atoms with Crippen molar-refractivity contribution < 1.29 is 31.1 Å². The largest absolute Gasteiger partial charge is 0.465 e. The Balaban J connectivity index is 2.47. The molecule has 2 aromatic carbocycles. The van der Waals surface area contributed by atoms with Crippen molar-refractivity contribution in [3.05, 3.63) is 54.1 Å². The van der Waals surface area contributed by atoms with E-state index < -0.39 is 34.3 Å². The first-order chi connectivity index (χ1) is 13.1. The van der Waals surface area contributed by atoms with Gasteiger partial charge in [0.05, 0.1) is 22.8 Å². The van der Waals surface area contributed by atoms with Crippen molar-refractivity contribution in [2.24, 2.45) is 0 Å². The Morgan fingerprint density at radius 2 is 1.64 bits per heavy atom. The van der Waals surface area contributed by atoms with E-state index in [2.05, 4.69) is 0 Å². The van der Waals surface area contributed by atoms with Gasteiger partial charge in [0.2, 0.25) is 0 Å². The van der Waals surface area contributed by atoms with E-state index in [9.17, 15) is 26.4 Å². The molecule has 2 rings (SSSR count). The molecule has 0 aliphatic heterocycles. The van der Waals surface area contributed by atoms with Crippen LogP contribution in [0.1, 0.15) is 12.5 Å². The number of benzene rings is 2. The highest BCUT2D eigenvalue weighted by Crippen LogP contribution is 2.32. The first-order valence-corrected chi connectivity index (χ1v) is 10.8. The van der Waals surface area contributed by atoms with Crippen LogP contribution in [0.4, 0.5) is 18.9 Å². The fourth-order valence-electron chi connectivity index (χ4n) is 2.33. The number of hydrogen-bond acceptors (Lipinski definition) is 5. The molecule has 0 aliphatic rings. The highest BCUT2D eigenvalue weighted by Gasteiger charge is 2.32. The van der Waals surface area contributed by atoms with E-state index in [0.717, 1.165) is 33.5 Å². The second-order valence-electron chi connectivity index (χ2n) is 5.54. The zero-order valence-electron chi connectivity index (χ0n) is 15.1. The summed E-state index contributed by atoms with van der Waals surface area (Å²) in [6, 6.07) is 9.51. The fourth-order valence-corrected chi connectivity index (χ4v) is 4.15.